The van der Waals surface area contributed by atoms with Crippen LogP contribution in [0.4, 0.5) is 0 Å². The zero-order valence-electron chi connectivity index (χ0n) is 15.0. The minimum Gasteiger partial charge on any atom is -0.493 e. The standard InChI is InChI=1S/C17H27N3O4S/c1-4-18-17(20-14-8-9-25(21,22)12-14)19-11-13-6-7-15(24-5-2)16(10-13)23-3/h6-7,10,14H,4-5,8-9,11-12H2,1-3H3,(H2,18,19,20). The van der Waals surface area contributed by atoms with Gasteiger partial charge in [-0.3, -0.25) is 0 Å². The van der Waals surface area contributed by atoms with E-state index in [2.05, 4.69) is 15.6 Å². The fraction of sp³-hybridized carbons (Fsp3) is 0.588. The van der Waals surface area contributed by atoms with Crippen LogP contribution in [0.1, 0.15) is 25.8 Å². The lowest BCUT2D eigenvalue weighted by molar-refractivity contribution is 0.310. The Balaban J connectivity index is 2.05. The smallest absolute Gasteiger partial charge is 0.191 e. The molecule has 1 aliphatic heterocycles. The molecule has 0 saturated carbocycles. The molecule has 1 heterocycles. The van der Waals surface area contributed by atoms with Crippen LogP contribution in [0.5, 0.6) is 11.5 Å². The highest BCUT2D eigenvalue weighted by Crippen LogP contribution is 2.28. The molecule has 8 heteroatoms. The average molecular weight is 369 g/mol. The van der Waals surface area contributed by atoms with E-state index in [1.807, 2.05) is 32.0 Å². The summed E-state index contributed by atoms with van der Waals surface area (Å²) in [5.74, 6) is 2.40. The van der Waals surface area contributed by atoms with Gasteiger partial charge in [-0.25, -0.2) is 13.4 Å². The maximum Gasteiger partial charge on any atom is 0.191 e. The summed E-state index contributed by atoms with van der Waals surface area (Å²) < 4.78 is 34.0. The van der Waals surface area contributed by atoms with Gasteiger partial charge in [0.05, 0.1) is 31.8 Å². The van der Waals surface area contributed by atoms with Gasteiger partial charge in [-0.05, 0) is 38.0 Å². The van der Waals surface area contributed by atoms with E-state index >= 15 is 0 Å². The van der Waals surface area contributed by atoms with Crippen LogP contribution in [-0.4, -0.2) is 52.2 Å². The van der Waals surface area contributed by atoms with Crippen molar-refractivity contribution in [3.63, 3.8) is 0 Å². The maximum absolute atomic E-state index is 11.6. The van der Waals surface area contributed by atoms with E-state index in [9.17, 15) is 8.42 Å². The number of guanidine groups is 1. The number of rotatable bonds is 7. The Morgan fingerprint density at radius 3 is 2.72 bits per heavy atom. The minimum atomic E-state index is -2.92. The number of nitrogens with one attached hydrogen (secondary N) is 2. The van der Waals surface area contributed by atoms with Gasteiger partial charge in [-0.15, -0.1) is 0 Å². The molecule has 0 radical (unpaired) electrons. The van der Waals surface area contributed by atoms with Gasteiger partial charge in [0.25, 0.3) is 0 Å². The number of sulfone groups is 1. The van der Waals surface area contributed by atoms with E-state index < -0.39 is 9.84 Å². The number of nitrogens with zero attached hydrogens (tertiary/aromatic N) is 1. The number of hydrogen-bond donors (Lipinski definition) is 2. The van der Waals surface area contributed by atoms with Crippen molar-refractivity contribution in [1.82, 2.24) is 10.6 Å². The topological polar surface area (TPSA) is 89.0 Å². The Bertz CT molecular complexity index is 704. The molecular weight excluding hydrogens is 342 g/mol. The van der Waals surface area contributed by atoms with Crippen molar-refractivity contribution in [3.05, 3.63) is 23.8 Å². The monoisotopic (exact) mass is 369 g/mol. The van der Waals surface area contributed by atoms with Crippen LogP contribution in [0.3, 0.4) is 0 Å². The summed E-state index contributed by atoms with van der Waals surface area (Å²) in [7, 11) is -1.31. The molecule has 25 heavy (non-hydrogen) atoms. The second-order valence-electron chi connectivity index (χ2n) is 5.86. The number of aliphatic imine (C=N–C) groups is 1. The summed E-state index contributed by atoms with van der Waals surface area (Å²) in [5.41, 5.74) is 0.983. The second kappa shape index (κ2) is 8.94. The van der Waals surface area contributed by atoms with Crippen LogP contribution in [0.2, 0.25) is 0 Å². The predicted octanol–water partition coefficient (Wildman–Crippen LogP) is 1.34. The predicted molar refractivity (Wildman–Crippen MR) is 99.2 cm³/mol. The highest BCUT2D eigenvalue weighted by atomic mass is 32.2. The third-order valence-corrected chi connectivity index (χ3v) is 5.63. The third kappa shape index (κ3) is 5.81. The number of ether oxygens (including phenoxy) is 2. The SMILES string of the molecule is CCNC(=NCc1ccc(OCC)c(OC)c1)NC1CCS(=O)(=O)C1. The third-order valence-electron chi connectivity index (χ3n) is 3.87. The fourth-order valence-electron chi connectivity index (χ4n) is 2.68. The van der Waals surface area contributed by atoms with Crippen molar-refractivity contribution in [1.29, 1.82) is 0 Å². The van der Waals surface area contributed by atoms with Crippen molar-refractivity contribution in [3.8, 4) is 11.5 Å². The number of methoxy groups -OCH3 is 1. The van der Waals surface area contributed by atoms with Gasteiger partial charge in [-0.1, -0.05) is 6.07 Å². The fourth-order valence-corrected chi connectivity index (χ4v) is 4.35. The van der Waals surface area contributed by atoms with Gasteiger partial charge in [-0.2, -0.15) is 0 Å². The van der Waals surface area contributed by atoms with Crippen molar-refractivity contribution in [2.24, 2.45) is 4.99 Å². The lowest BCUT2D eigenvalue weighted by Gasteiger charge is -2.16. The first-order valence-electron chi connectivity index (χ1n) is 8.52. The number of hydrogen-bond acceptors (Lipinski definition) is 5. The Kier molecular flexibility index (Phi) is 6.92. The molecule has 1 fully saturated rings. The van der Waals surface area contributed by atoms with E-state index in [0.29, 0.717) is 43.6 Å². The molecule has 1 saturated heterocycles. The molecule has 1 aliphatic rings. The summed E-state index contributed by atoms with van der Waals surface area (Å²) in [6.45, 7) is 5.64. The Morgan fingerprint density at radius 1 is 1.32 bits per heavy atom. The number of benzene rings is 1. The highest BCUT2D eigenvalue weighted by molar-refractivity contribution is 7.91. The van der Waals surface area contributed by atoms with E-state index in [-0.39, 0.29) is 17.5 Å². The molecule has 2 N–H and O–H groups in total. The molecule has 0 aliphatic carbocycles. The molecule has 1 atom stereocenters. The average Bonchev–Trinajstić information content (AvgIpc) is 2.92. The van der Waals surface area contributed by atoms with Crippen LogP contribution < -0.4 is 20.1 Å². The molecule has 1 aromatic carbocycles. The van der Waals surface area contributed by atoms with Gasteiger partial charge >= 0.3 is 0 Å². The molecule has 7 nitrogen and oxygen atoms in total. The molecule has 0 amide bonds. The summed E-state index contributed by atoms with van der Waals surface area (Å²) in [6, 6.07) is 5.63. The normalized spacial score (nSPS) is 19.5. The molecule has 1 aromatic rings. The maximum atomic E-state index is 11.6. The van der Waals surface area contributed by atoms with Crippen LogP contribution in [0.15, 0.2) is 23.2 Å². The first kappa shape index (κ1) is 19.4. The molecule has 0 bridgehead atoms. The van der Waals surface area contributed by atoms with Crippen LogP contribution in [0.25, 0.3) is 0 Å². The summed E-state index contributed by atoms with van der Waals surface area (Å²) in [5, 5.41) is 6.36. The van der Waals surface area contributed by atoms with Gasteiger partial charge in [0.15, 0.2) is 27.3 Å². The summed E-state index contributed by atoms with van der Waals surface area (Å²) >= 11 is 0. The first-order chi connectivity index (χ1) is 12.0. The van der Waals surface area contributed by atoms with Gasteiger partial charge in [0.2, 0.25) is 0 Å². The zero-order valence-corrected chi connectivity index (χ0v) is 15.9. The van der Waals surface area contributed by atoms with E-state index in [1.165, 1.54) is 0 Å². The Labute approximate surface area is 149 Å². The molecule has 0 aromatic heterocycles. The van der Waals surface area contributed by atoms with Gasteiger partial charge in [0.1, 0.15) is 0 Å². The zero-order chi connectivity index (χ0) is 18.3. The van der Waals surface area contributed by atoms with Crippen LogP contribution in [0, 0.1) is 0 Å². The van der Waals surface area contributed by atoms with Crippen molar-refractivity contribution < 1.29 is 17.9 Å². The minimum absolute atomic E-state index is 0.0855. The second-order valence-corrected chi connectivity index (χ2v) is 8.09. The molecule has 0 spiro atoms. The van der Waals surface area contributed by atoms with Gasteiger partial charge < -0.3 is 20.1 Å². The Morgan fingerprint density at radius 2 is 2.12 bits per heavy atom. The van der Waals surface area contributed by atoms with Crippen molar-refractivity contribution >= 4 is 15.8 Å². The largest absolute Gasteiger partial charge is 0.493 e. The quantitative estimate of drug-likeness (QED) is 0.557. The molecule has 2 rings (SSSR count). The Hall–Kier alpha value is -1.96. The highest BCUT2D eigenvalue weighted by Gasteiger charge is 2.28. The molecule has 1 unspecified atom stereocenters. The molecule has 140 valence electrons. The van der Waals surface area contributed by atoms with Crippen molar-refractivity contribution in [2.75, 3.05) is 31.8 Å². The summed E-state index contributed by atoms with van der Waals surface area (Å²) in [6.07, 6.45) is 0.615. The summed E-state index contributed by atoms with van der Waals surface area (Å²) in [4.78, 5) is 4.55. The van der Waals surface area contributed by atoms with Crippen LogP contribution >= 0.6 is 0 Å². The van der Waals surface area contributed by atoms with E-state index in [0.717, 1.165) is 5.56 Å². The lowest BCUT2D eigenvalue weighted by Crippen LogP contribution is -2.44. The van der Waals surface area contributed by atoms with Crippen molar-refractivity contribution in [2.45, 2.75) is 32.9 Å². The van der Waals surface area contributed by atoms with Gasteiger partial charge in [0, 0.05) is 12.6 Å². The van der Waals surface area contributed by atoms with E-state index in [4.69, 9.17) is 9.47 Å². The first-order valence-corrected chi connectivity index (χ1v) is 10.3. The lowest BCUT2D eigenvalue weighted by atomic mass is 10.2. The van der Waals surface area contributed by atoms with Crippen LogP contribution in [-0.2, 0) is 16.4 Å². The van der Waals surface area contributed by atoms with E-state index in [1.54, 1.807) is 7.11 Å². The molecular formula is C17H27N3O4S.